The molecular weight excluding hydrogens is 232 g/mol. The molecule has 0 aliphatic carbocycles. The quantitative estimate of drug-likeness (QED) is 0.838. The zero-order valence-electron chi connectivity index (χ0n) is 10.6. The van der Waals surface area contributed by atoms with Crippen LogP contribution in [0.5, 0.6) is 0 Å². The first kappa shape index (κ1) is 13.2. The van der Waals surface area contributed by atoms with Gasteiger partial charge in [-0.3, -0.25) is 4.79 Å². The third kappa shape index (κ3) is 3.62. The van der Waals surface area contributed by atoms with E-state index >= 15 is 0 Å². The summed E-state index contributed by atoms with van der Waals surface area (Å²) in [6, 6.07) is 0.314. The van der Waals surface area contributed by atoms with Crippen molar-refractivity contribution in [1.29, 1.82) is 0 Å². The number of amides is 1. The van der Waals surface area contributed by atoms with E-state index in [2.05, 4.69) is 4.90 Å². The summed E-state index contributed by atoms with van der Waals surface area (Å²) in [6.45, 7) is 1.56. The maximum absolute atomic E-state index is 12.3. The van der Waals surface area contributed by atoms with Gasteiger partial charge < -0.3 is 10.6 Å². The van der Waals surface area contributed by atoms with E-state index in [1.165, 1.54) is 30.8 Å². The van der Waals surface area contributed by atoms with E-state index in [1.54, 1.807) is 0 Å². The Morgan fingerprint density at radius 1 is 1.24 bits per heavy atom. The highest BCUT2D eigenvalue weighted by Gasteiger charge is 2.27. The maximum atomic E-state index is 12.3. The third-order valence-corrected chi connectivity index (χ3v) is 5.07. The van der Waals surface area contributed by atoms with Crippen LogP contribution in [0.3, 0.4) is 0 Å². The lowest BCUT2D eigenvalue weighted by atomic mass is 9.95. The van der Waals surface area contributed by atoms with Gasteiger partial charge in [0.2, 0.25) is 5.91 Å². The lowest BCUT2D eigenvalue weighted by molar-refractivity contribution is -0.135. The minimum Gasteiger partial charge on any atom is -0.338 e. The highest BCUT2D eigenvalue weighted by molar-refractivity contribution is 7.99. The first-order valence-electron chi connectivity index (χ1n) is 6.88. The van der Waals surface area contributed by atoms with Crippen LogP contribution in [0.15, 0.2) is 0 Å². The third-order valence-electron chi connectivity index (χ3n) is 4.02. The van der Waals surface area contributed by atoms with E-state index in [0.717, 1.165) is 25.8 Å². The smallest absolute Gasteiger partial charge is 0.223 e. The molecule has 0 aromatic carbocycles. The van der Waals surface area contributed by atoms with Gasteiger partial charge in [0.1, 0.15) is 0 Å². The largest absolute Gasteiger partial charge is 0.338 e. The molecule has 3 nitrogen and oxygen atoms in total. The monoisotopic (exact) mass is 256 g/mol. The summed E-state index contributed by atoms with van der Waals surface area (Å²) in [6.07, 6.45) is 6.68. The van der Waals surface area contributed by atoms with Crippen molar-refractivity contribution < 1.29 is 4.79 Å². The minimum atomic E-state index is 0.314. The Balaban J connectivity index is 1.84. The van der Waals surface area contributed by atoms with Gasteiger partial charge in [0.15, 0.2) is 0 Å². The van der Waals surface area contributed by atoms with Crippen LogP contribution in [0, 0.1) is 5.92 Å². The fourth-order valence-corrected chi connectivity index (χ4v) is 4.09. The van der Waals surface area contributed by atoms with Crippen LogP contribution in [0.2, 0.25) is 0 Å². The number of thioether (sulfide) groups is 1. The topological polar surface area (TPSA) is 46.3 Å². The zero-order chi connectivity index (χ0) is 12.1. The molecule has 2 heterocycles. The number of piperidine rings is 1. The normalized spacial score (nSPS) is 27.1. The summed E-state index contributed by atoms with van der Waals surface area (Å²) in [5.74, 6) is 3.46. The first-order valence-corrected chi connectivity index (χ1v) is 8.04. The number of nitrogens with zero attached hydrogens (tertiary/aromatic N) is 1. The zero-order valence-corrected chi connectivity index (χ0v) is 11.4. The van der Waals surface area contributed by atoms with Gasteiger partial charge in [0.05, 0.1) is 0 Å². The van der Waals surface area contributed by atoms with Crippen molar-refractivity contribution >= 4 is 17.7 Å². The first-order chi connectivity index (χ1) is 8.31. The number of hydrogen-bond donors (Lipinski definition) is 1. The molecular formula is C13H24N2OS. The molecule has 0 radical (unpaired) electrons. The number of carbonyl (C=O) groups is 1. The Hall–Kier alpha value is -0.220. The molecule has 2 aliphatic heterocycles. The predicted molar refractivity (Wildman–Crippen MR) is 73.1 cm³/mol. The molecule has 0 bridgehead atoms. The predicted octanol–water partition coefficient (Wildman–Crippen LogP) is 1.86. The average Bonchev–Trinajstić information content (AvgIpc) is 2.40. The van der Waals surface area contributed by atoms with Crippen LogP contribution in [0.4, 0.5) is 0 Å². The molecule has 0 aromatic heterocycles. The molecule has 4 heteroatoms. The molecule has 1 unspecified atom stereocenters. The summed E-state index contributed by atoms with van der Waals surface area (Å²) in [5, 5.41) is 0. The molecule has 17 heavy (non-hydrogen) atoms. The van der Waals surface area contributed by atoms with E-state index in [9.17, 15) is 4.79 Å². The maximum Gasteiger partial charge on any atom is 0.223 e. The SMILES string of the molecule is NCC1CCCCN1C(=O)CC1CCSCC1. The molecule has 2 aliphatic rings. The van der Waals surface area contributed by atoms with Crippen molar-refractivity contribution in [2.45, 2.75) is 44.6 Å². The second-order valence-corrected chi connectivity index (χ2v) is 6.46. The van der Waals surface area contributed by atoms with Gasteiger partial charge in [-0.05, 0) is 49.5 Å². The fourth-order valence-electron chi connectivity index (χ4n) is 2.89. The van der Waals surface area contributed by atoms with Crippen LogP contribution >= 0.6 is 11.8 Å². The van der Waals surface area contributed by atoms with Gasteiger partial charge in [-0.1, -0.05) is 0 Å². The Bertz CT molecular complexity index is 254. The average molecular weight is 256 g/mol. The molecule has 2 saturated heterocycles. The summed E-state index contributed by atoms with van der Waals surface area (Å²) < 4.78 is 0. The van der Waals surface area contributed by atoms with Crippen LogP contribution in [0.25, 0.3) is 0 Å². The van der Waals surface area contributed by atoms with Crippen molar-refractivity contribution in [3.8, 4) is 0 Å². The lowest BCUT2D eigenvalue weighted by Crippen LogP contribution is -2.47. The van der Waals surface area contributed by atoms with Crippen molar-refractivity contribution in [3.63, 3.8) is 0 Å². The number of rotatable bonds is 3. The molecule has 2 rings (SSSR count). The summed E-state index contributed by atoms with van der Waals surface area (Å²) in [5.41, 5.74) is 5.77. The highest BCUT2D eigenvalue weighted by Crippen LogP contribution is 2.27. The van der Waals surface area contributed by atoms with E-state index in [4.69, 9.17) is 5.73 Å². The summed E-state index contributed by atoms with van der Waals surface area (Å²) >= 11 is 2.02. The van der Waals surface area contributed by atoms with Gasteiger partial charge in [0.25, 0.3) is 0 Å². The Kier molecular flexibility index (Phi) is 5.16. The molecule has 0 saturated carbocycles. The number of likely N-dealkylation sites (tertiary alicyclic amines) is 1. The molecule has 1 atom stereocenters. The van der Waals surface area contributed by atoms with Crippen molar-refractivity contribution in [2.75, 3.05) is 24.6 Å². The Morgan fingerprint density at radius 3 is 2.71 bits per heavy atom. The summed E-state index contributed by atoms with van der Waals surface area (Å²) in [4.78, 5) is 14.4. The van der Waals surface area contributed by atoms with Crippen molar-refractivity contribution in [1.82, 2.24) is 4.90 Å². The highest BCUT2D eigenvalue weighted by atomic mass is 32.2. The number of nitrogens with two attached hydrogens (primary N) is 1. The molecule has 0 spiro atoms. The van der Waals surface area contributed by atoms with Gasteiger partial charge in [-0.2, -0.15) is 11.8 Å². The fraction of sp³-hybridized carbons (Fsp3) is 0.923. The second-order valence-electron chi connectivity index (χ2n) is 5.23. The van der Waals surface area contributed by atoms with Gasteiger partial charge >= 0.3 is 0 Å². The van der Waals surface area contributed by atoms with Crippen LogP contribution in [0.1, 0.15) is 38.5 Å². The molecule has 0 aromatic rings. The van der Waals surface area contributed by atoms with E-state index in [-0.39, 0.29) is 0 Å². The van der Waals surface area contributed by atoms with E-state index < -0.39 is 0 Å². The van der Waals surface area contributed by atoms with Crippen molar-refractivity contribution in [3.05, 3.63) is 0 Å². The molecule has 98 valence electrons. The number of hydrogen-bond acceptors (Lipinski definition) is 3. The van der Waals surface area contributed by atoms with Crippen LogP contribution in [-0.2, 0) is 4.79 Å². The van der Waals surface area contributed by atoms with Crippen LogP contribution in [-0.4, -0.2) is 41.4 Å². The standard InChI is InChI=1S/C13H24N2OS/c14-10-12-3-1-2-6-15(12)13(16)9-11-4-7-17-8-5-11/h11-12H,1-10,14H2. The molecule has 2 N–H and O–H groups in total. The van der Waals surface area contributed by atoms with Crippen molar-refractivity contribution in [2.24, 2.45) is 11.7 Å². The van der Waals surface area contributed by atoms with E-state index in [1.807, 2.05) is 11.8 Å². The minimum absolute atomic E-state index is 0.314. The van der Waals surface area contributed by atoms with Gasteiger partial charge in [0, 0.05) is 25.6 Å². The van der Waals surface area contributed by atoms with E-state index in [0.29, 0.717) is 24.4 Å². The molecule has 2 fully saturated rings. The molecule has 1 amide bonds. The Labute approximate surface area is 108 Å². The summed E-state index contributed by atoms with van der Waals surface area (Å²) in [7, 11) is 0. The second kappa shape index (κ2) is 6.64. The lowest BCUT2D eigenvalue weighted by Gasteiger charge is -2.36. The van der Waals surface area contributed by atoms with Crippen LogP contribution < -0.4 is 5.73 Å². The Morgan fingerprint density at radius 2 is 2.00 bits per heavy atom. The van der Waals surface area contributed by atoms with Gasteiger partial charge in [-0.25, -0.2) is 0 Å². The van der Waals surface area contributed by atoms with Gasteiger partial charge in [-0.15, -0.1) is 0 Å². The number of carbonyl (C=O) groups excluding carboxylic acids is 1.